The van der Waals surface area contributed by atoms with Crippen molar-refractivity contribution < 1.29 is 13.6 Å². The van der Waals surface area contributed by atoms with Crippen molar-refractivity contribution >= 4 is 17.5 Å². The number of amides is 1. The predicted molar refractivity (Wildman–Crippen MR) is 95.8 cm³/mol. The first-order valence-corrected chi connectivity index (χ1v) is 8.34. The second-order valence-electron chi connectivity index (χ2n) is 5.90. The van der Waals surface area contributed by atoms with E-state index in [-0.39, 0.29) is 18.1 Å². The molecule has 2 aromatic carbocycles. The van der Waals surface area contributed by atoms with Gasteiger partial charge in [0.2, 0.25) is 5.91 Å². The van der Waals surface area contributed by atoms with Crippen molar-refractivity contribution in [2.45, 2.75) is 20.0 Å². The standard InChI is InChI=1S/C18H15ClF2N4O2/c1-11-6-13(20)3-5-16(11)24-10-23-25(18(24)27)9-17(26)22-8-12-2-4-14(19)15(21)7-12/h2-7,10H,8-9H2,1H3,(H,22,26). The lowest BCUT2D eigenvalue weighted by atomic mass is 10.2. The summed E-state index contributed by atoms with van der Waals surface area (Å²) in [4.78, 5) is 24.5. The van der Waals surface area contributed by atoms with E-state index in [0.29, 0.717) is 16.8 Å². The molecular weight excluding hydrogens is 378 g/mol. The summed E-state index contributed by atoms with van der Waals surface area (Å²) < 4.78 is 28.8. The first-order chi connectivity index (χ1) is 12.8. The lowest BCUT2D eigenvalue weighted by molar-refractivity contribution is -0.122. The molecule has 9 heteroatoms. The van der Waals surface area contributed by atoms with E-state index in [9.17, 15) is 18.4 Å². The third-order valence-electron chi connectivity index (χ3n) is 3.92. The number of nitrogens with one attached hydrogen (secondary N) is 1. The van der Waals surface area contributed by atoms with Crippen LogP contribution in [0.2, 0.25) is 5.02 Å². The summed E-state index contributed by atoms with van der Waals surface area (Å²) in [5.41, 5.74) is 1.04. The molecule has 0 aliphatic carbocycles. The first kappa shape index (κ1) is 18.8. The molecule has 0 bridgehead atoms. The summed E-state index contributed by atoms with van der Waals surface area (Å²) in [6.45, 7) is 1.45. The van der Waals surface area contributed by atoms with E-state index in [0.717, 1.165) is 4.68 Å². The number of carbonyl (C=O) groups excluding carboxylic acids is 1. The van der Waals surface area contributed by atoms with Gasteiger partial charge in [0.25, 0.3) is 0 Å². The average molecular weight is 393 g/mol. The molecule has 140 valence electrons. The number of halogens is 3. The minimum absolute atomic E-state index is 0.00162. The van der Waals surface area contributed by atoms with Gasteiger partial charge in [0, 0.05) is 6.54 Å². The summed E-state index contributed by atoms with van der Waals surface area (Å²) in [5, 5.41) is 6.49. The van der Waals surface area contributed by atoms with Gasteiger partial charge in [-0.3, -0.25) is 4.79 Å². The smallest absolute Gasteiger partial charge is 0.350 e. The van der Waals surface area contributed by atoms with Crippen molar-refractivity contribution in [3.8, 4) is 5.69 Å². The van der Waals surface area contributed by atoms with Crippen molar-refractivity contribution in [2.24, 2.45) is 0 Å². The fourth-order valence-corrected chi connectivity index (χ4v) is 2.66. The van der Waals surface area contributed by atoms with Crippen LogP contribution >= 0.6 is 11.6 Å². The molecule has 0 atom stereocenters. The van der Waals surface area contributed by atoms with Crippen molar-refractivity contribution in [3.63, 3.8) is 0 Å². The maximum Gasteiger partial charge on any atom is 0.350 e. The molecule has 3 aromatic rings. The SMILES string of the molecule is Cc1cc(F)ccc1-n1cnn(CC(=O)NCc2ccc(Cl)c(F)c2)c1=O. The van der Waals surface area contributed by atoms with Gasteiger partial charge in [-0.15, -0.1) is 0 Å². The van der Waals surface area contributed by atoms with Crippen LogP contribution in [0.3, 0.4) is 0 Å². The van der Waals surface area contributed by atoms with E-state index < -0.39 is 23.2 Å². The second kappa shape index (κ2) is 7.71. The molecule has 3 rings (SSSR count). The Morgan fingerprint density at radius 1 is 1.22 bits per heavy atom. The van der Waals surface area contributed by atoms with E-state index in [1.807, 2.05) is 0 Å². The van der Waals surface area contributed by atoms with Gasteiger partial charge in [-0.05, 0) is 48.4 Å². The zero-order chi connectivity index (χ0) is 19.6. The van der Waals surface area contributed by atoms with Gasteiger partial charge >= 0.3 is 5.69 Å². The van der Waals surface area contributed by atoms with Crippen LogP contribution < -0.4 is 11.0 Å². The van der Waals surface area contributed by atoms with Gasteiger partial charge in [-0.2, -0.15) is 5.10 Å². The van der Waals surface area contributed by atoms with Crippen LogP contribution in [0.4, 0.5) is 8.78 Å². The number of carbonyl (C=O) groups is 1. The highest BCUT2D eigenvalue weighted by Gasteiger charge is 2.12. The lowest BCUT2D eigenvalue weighted by Crippen LogP contribution is -2.33. The van der Waals surface area contributed by atoms with Crippen LogP contribution in [0.1, 0.15) is 11.1 Å². The van der Waals surface area contributed by atoms with E-state index in [4.69, 9.17) is 11.6 Å². The summed E-state index contributed by atoms with van der Waals surface area (Å²) >= 11 is 5.61. The Morgan fingerprint density at radius 2 is 2.00 bits per heavy atom. The third-order valence-corrected chi connectivity index (χ3v) is 4.23. The average Bonchev–Trinajstić information content (AvgIpc) is 2.97. The van der Waals surface area contributed by atoms with Crippen LogP contribution in [-0.4, -0.2) is 20.3 Å². The number of aromatic nitrogens is 3. The zero-order valence-electron chi connectivity index (χ0n) is 14.2. The van der Waals surface area contributed by atoms with Gasteiger partial charge in [-0.1, -0.05) is 17.7 Å². The summed E-state index contributed by atoms with van der Waals surface area (Å²) in [6, 6.07) is 8.22. The highest BCUT2D eigenvalue weighted by atomic mass is 35.5. The zero-order valence-corrected chi connectivity index (χ0v) is 15.0. The van der Waals surface area contributed by atoms with E-state index in [1.165, 1.54) is 41.2 Å². The third kappa shape index (κ3) is 4.22. The Kier molecular flexibility index (Phi) is 5.36. The molecule has 0 aliphatic rings. The number of hydrogen-bond donors (Lipinski definition) is 1. The van der Waals surface area contributed by atoms with Crippen molar-refractivity contribution in [2.75, 3.05) is 0 Å². The number of hydrogen-bond acceptors (Lipinski definition) is 3. The maximum absolute atomic E-state index is 13.4. The maximum atomic E-state index is 13.4. The van der Waals surface area contributed by atoms with Crippen molar-refractivity contribution in [1.82, 2.24) is 19.7 Å². The Labute approximate surface area is 158 Å². The molecular formula is C18H15ClF2N4O2. The lowest BCUT2D eigenvalue weighted by Gasteiger charge is -2.06. The van der Waals surface area contributed by atoms with E-state index in [2.05, 4.69) is 10.4 Å². The van der Waals surface area contributed by atoms with Crippen LogP contribution in [0.25, 0.3) is 5.69 Å². The van der Waals surface area contributed by atoms with Crippen LogP contribution in [0.5, 0.6) is 0 Å². The Morgan fingerprint density at radius 3 is 2.70 bits per heavy atom. The number of nitrogens with zero attached hydrogens (tertiary/aromatic N) is 3. The number of benzene rings is 2. The fraction of sp³-hybridized carbons (Fsp3) is 0.167. The monoisotopic (exact) mass is 392 g/mol. The minimum atomic E-state index is -0.576. The van der Waals surface area contributed by atoms with Gasteiger partial charge in [0.1, 0.15) is 24.5 Å². The molecule has 0 saturated carbocycles. The first-order valence-electron chi connectivity index (χ1n) is 7.97. The largest absolute Gasteiger partial charge is 0.350 e. The van der Waals surface area contributed by atoms with Gasteiger partial charge in [0.05, 0.1) is 10.7 Å². The summed E-state index contributed by atoms with van der Waals surface area (Å²) in [5.74, 6) is -1.45. The Balaban J connectivity index is 1.69. The minimum Gasteiger partial charge on any atom is -0.350 e. The molecule has 1 heterocycles. The number of aryl methyl sites for hydroxylation is 1. The molecule has 0 radical (unpaired) electrons. The molecule has 0 spiro atoms. The number of rotatable bonds is 5. The molecule has 1 N–H and O–H groups in total. The normalized spacial score (nSPS) is 10.8. The van der Waals surface area contributed by atoms with E-state index in [1.54, 1.807) is 13.0 Å². The van der Waals surface area contributed by atoms with E-state index >= 15 is 0 Å². The summed E-state index contributed by atoms with van der Waals surface area (Å²) in [7, 11) is 0. The Bertz CT molecular complexity index is 1060. The van der Waals surface area contributed by atoms with Crippen LogP contribution in [-0.2, 0) is 17.9 Å². The van der Waals surface area contributed by atoms with Gasteiger partial charge < -0.3 is 5.32 Å². The fourth-order valence-electron chi connectivity index (χ4n) is 2.54. The molecule has 0 fully saturated rings. The summed E-state index contributed by atoms with van der Waals surface area (Å²) in [6.07, 6.45) is 1.27. The van der Waals surface area contributed by atoms with Gasteiger partial charge in [0.15, 0.2) is 0 Å². The van der Waals surface area contributed by atoms with Crippen LogP contribution in [0.15, 0.2) is 47.5 Å². The van der Waals surface area contributed by atoms with Crippen molar-refractivity contribution in [1.29, 1.82) is 0 Å². The molecule has 0 unspecified atom stereocenters. The Hall–Kier alpha value is -3.00. The molecule has 6 nitrogen and oxygen atoms in total. The van der Waals surface area contributed by atoms with Crippen molar-refractivity contribution in [3.05, 3.63) is 81.0 Å². The topological polar surface area (TPSA) is 68.9 Å². The molecule has 0 aliphatic heterocycles. The highest BCUT2D eigenvalue weighted by Crippen LogP contribution is 2.15. The molecule has 1 amide bonds. The van der Waals surface area contributed by atoms with Gasteiger partial charge in [-0.25, -0.2) is 22.8 Å². The molecule has 27 heavy (non-hydrogen) atoms. The molecule has 0 saturated heterocycles. The van der Waals surface area contributed by atoms with Crippen LogP contribution in [0, 0.1) is 18.6 Å². The quantitative estimate of drug-likeness (QED) is 0.725. The highest BCUT2D eigenvalue weighted by molar-refractivity contribution is 6.30. The predicted octanol–water partition coefficient (Wildman–Crippen LogP) is 2.59. The molecule has 1 aromatic heterocycles. The second-order valence-corrected chi connectivity index (χ2v) is 6.30.